The van der Waals surface area contributed by atoms with E-state index in [-0.39, 0.29) is 0 Å². The molecule has 5 aromatic rings. The number of aryl methyl sites for hydroxylation is 1. The highest BCUT2D eigenvalue weighted by Gasteiger charge is 2.15. The summed E-state index contributed by atoms with van der Waals surface area (Å²) in [5.41, 5.74) is 4.49. The molecule has 0 aliphatic carbocycles. The molecule has 0 radical (unpaired) electrons. The number of benzene rings is 2. The summed E-state index contributed by atoms with van der Waals surface area (Å²) >= 11 is 3.52. The van der Waals surface area contributed by atoms with E-state index in [9.17, 15) is 0 Å². The minimum atomic E-state index is 0.799. The highest BCUT2D eigenvalue weighted by molar-refractivity contribution is 7.18. The van der Waals surface area contributed by atoms with E-state index >= 15 is 0 Å². The Morgan fingerprint density at radius 2 is 1.72 bits per heavy atom. The third-order valence-electron chi connectivity index (χ3n) is 4.33. The van der Waals surface area contributed by atoms with Crippen LogP contribution in [0.3, 0.4) is 0 Å². The lowest BCUT2D eigenvalue weighted by Gasteiger charge is -1.96. The maximum atomic E-state index is 4.93. The molecule has 3 heterocycles. The first-order valence-corrected chi connectivity index (χ1v) is 9.78. The van der Waals surface area contributed by atoms with E-state index in [0.29, 0.717) is 0 Å². The van der Waals surface area contributed by atoms with Crippen molar-refractivity contribution in [1.82, 2.24) is 15.0 Å². The number of rotatable bonds is 3. The highest BCUT2D eigenvalue weighted by Crippen LogP contribution is 2.34. The molecule has 0 aliphatic heterocycles. The van der Waals surface area contributed by atoms with Gasteiger partial charge < -0.3 is 4.98 Å². The molecule has 25 heavy (non-hydrogen) atoms. The molecule has 0 spiro atoms. The Bertz CT molecular complexity index is 1160. The van der Waals surface area contributed by atoms with Gasteiger partial charge in [0.05, 0.1) is 22.3 Å². The lowest BCUT2D eigenvalue weighted by atomic mass is 10.1. The van der Waals surface area contributed by atoms with Crippen LogP contribution < -0.4 is 0 Å². The minimum absolute atomic E-state index is 0.799. The van der Waals surface area contributed by atoms with E-state index in [0.717, 1.165) is 33.2 Å². The molecule has 122 valence electrons. The van der Waals surface area contributed by atoms with Crippen LogP contribution in [-0.2, 0) is 6.42 Å². The number of hydrogen-bond donors (Lipinski definition) is 1. The Morgan fingerprint density at radius 1 is 0.920 bits per heavy atom. The summed E-state index contributed by atoms with van der Waals surface area (Å²) in [7, 11) is 0. The topological polar surface area (TPSA) is 41.6 Å². The lowest BCUT2D eigenvalue weighted by molar-refractivity contribution is 1.11. The van der Waals surface area contributed by atoms with Gasteiger partial charge in [0.15, 0.2) is 0 Å². The van der Waals surface area contributed by atoms with Crippen LogP contribution in [0, 0.1) is 6.92 Å². The molecule has 5 heteroatoms. The first-order chi connectivity index (χ1) is 12.3. The van der Waals surface area contributed by atoms with Crippen LogP contribution in [0.1, 0.15) is 14.9 Å². The Balaban J connectivity index is 1.53. The van der Waals surface area contributed by atoms with Crippen LogP contribution in [0.2, 0.25) is 0 Å². The Kier molecular flexibility index (Phi) is 3.43. The third kappa shape index (κ3) is 2.56. The van der Waals surface area contributed by atoms with E-state index in [4.69, 9.17) is 9.97 Å². The van der Waals surface area contributed by atoms with Gasteiger partial charge in [0.25, 0.3) is 0 Å². The first kappa shape index (κ1) is 14.8. The fourth-order valence-corrected chi connectivity index (χ4v) is 5.18. The molecule has 0 aliphatic rings. The van der Waals surface area contributed by atoms with Crippen molar-refractivity contribution in [2.75, 3.05) is 0 Å². The second-order valence-electron chi connectivity index (χ2n) is 6.01. The molecular weight excluding hydrogens is 346 g/mol. The van der Waals surface area contributed by atoms with Gasteiger partial charge in [0.1, 0.15) is 10.0 Å². The molecule has 5 rings (SSSR count). The van der Waals surface area contributed by atoms with Crippen molar-refractivity contribution in [3.63, 3.8) is 0 Å². The third-order valence-corrected chi connectivity index (χ3v) is 6.33. The van der Waals surface area contributed by atoms with E-state index in [1.165, 1.54) is 20.5 Å². The molecule has 0 atom stereocenters. The zero-order chi connectivity index (χ0) is 16.8. The van der Waals surface area contributed by atoms with Crippen molar-refractivity contribution in [2.24, 2.45) is 0 Å². The van der Waals surface area contributed by atoms with Crippen LogP contribution >= 0.6 is 22.7 Å². The summed E-state index contributed by atoms with van der Waals surface area (Å²) in [5.74, 6) is 0. The first-order valence-electron chi connectivity index (χ1n) is 8.15. The number of hydrogen-bond acceptors (Lipinski definition) is 4. The van der Waals surface area contributed by atoms with Gasteiger partial charge in [-0.25, -0.2) is 9.97 Å². The van der Waals surface area contributed by atoms with E-state index < -0.39 is 0 Å². The van der Waals surface area contributed by atoms with E-state index in [1.807, 2.05) is 6.07 Å². The van der Waals surface area contributed by atoms with Crippen LogP contribution in [0.5, 0.6) is 0 Å². The number of nitrogens with one attached hydrogen (secondary N) is 1. The van der Waals surface area contributed by atoms with Gasteiger partial charge in [-0.05, 0) is 25.1 Å². The van der Waals surface area contributed by atoms with Crippen LogP contribution in [0.15, 0.2) is 54.7 Å². The number of nitrogens with zero attached hydrogens (tertiary/aromatic N) is 2. The molecule has 2 aromatic carbocycles. The maximum Gasteiger partial charge on any atom is 0.101 e. The van der Waals surface area contributed by atoms with Crippen molar-refractivity contribution in [3.05, 3.63) is 69.6 Å². The van der Waals surface area contributed by atoms with E-state index in [1.54, 1.807) is 22.7 Å². The van der Waals surface area contributed by atoms with Gasteiger partial charge in [0.2, 0.25) is 0 Å². The van der Waals surface area contributed by atoms with Crippen LogP contribution in [0.4, 0.5) is 0 Å². The molecule has 3 nitrogen and oxygen atoms in total. The fourth-order valence-electron chi connectivity index (χ4n) is 3.17. The van der Waals surface area contributed by atoms with Crippen molar-refractivity contribution >= 4 is 43.8 Å². The molecule has 0 saturated heterocycles. The minimum Gasteiger partial charge on any atom is -0.360 e. The lowest BCUT2D eigenvalue weighted by Crippen LogP contribution is -1.86. The Hall–Kier alpha value is -2.50. The summed E-state index contributed by atoms with van der Waals surface area (Å²) in [5, 5.41) is 3.47. The monoisotopic (exact) mass is 361 g/mol. The van der Waals surface area contributed by atoms with Crippen molar-refractivity contribution in [1.29, 1.82) is 0 Å². The summed E-state index contributed by atoms with van der Waals surface area (Å²) in [6.07, 6.45) is 2.86. The molecule has 1 N–H and O–H groups in total. The average molecular weight is 361 g/mol. The zero-order valence-electron chi connectivity index (χ0n) is 13.6. The van der Waals surface area contributed by atoms with Gasteiger partial charge in [-0.3, -0.25) is 0 Å². The van der Waals surface area contributed by atoms with Crippen LogP contribution in [-0.4, -0.2) is 15.0 Å². The Morgan fingerprint density at radius 3 is 2.64 bits per heavy atom. The summed E-state index contributed by atoms with van der Waals surface area (Å²) in [6, 6.07) is 16.7. The SMILES string of the molecule is Cc1sc(Cc2nc3ccccc3s2)nc1-c1c[nH]c2ccccc12. The average Bonchev–Trinajstić information content (AvgIpc) is 3.31. The second-order valence-corrected chi connectivity index (χ2v) is 8.42. The number of para-hydroxylation sites is 2. The Labute approximate surface area is 153 Å². The van der Waals surface area contributed by atoms with Crippen molar-refractivity contribution in [2.45, 2.75) is 13.3 Å². The summed E-state index contributed by atoms with van der Waals surface area (Å²) in [4.78, 5) is 14.3. The molecule has 0 saturated carbocycles. The highest BCUT2D eigenvalue weighted by atomic mass is 32.1. The number of aromatic amines is 1. The van der Waals surface area contributed by atoms with Gasteiger partial charge in [-0.2, -0.15) is 0 Å². The molecule has 0 bridgehead atoms. The maximum absolute atomic E-state index is 4.93. The van der Waals surface area contributed by atoms with Gasteiger partial charge in [-0.15, -0.1) is 22.7 Å². The largest absolute Gasteiger partial charge is 0.360 e. The summed E-state index contributed by atoms with van der Waals surface area (Å²) < 4.78 is 1.24. The molecule has 0 fully saturated rings. The zero-order valence-corrected chi connectivity index (χ0v) is 15.2. The van der Waals surface area contributed by atoms with E-state index in [2.05, 4.69) is 60.6 Å². The smallest absolute Gasteiger partial charge is 0.101 e. The normalized spacial score (nSPS) is 11.6. The number of fused-ring (bicyclic) bond motifs is 2. The fraction of sp³-hybridized carbons (Fsp3) is 0.100. The number of H-pyrrole nitrogens is 1. The van der Waals surface area contributed by atoms with Crippen molar-refractivity contribution < 1.29 is 0 Å². The molecular formula is C20H15N3S2. The summed E-state index contributed by atoms with van der Waals surface area (Å²) in [6.45, 7) is 2.15. The van der Waals surface area contributed by atoms with Crippen LogP contribution in [0.25, 0.3) is 32.4 Å². The number of aromatic nitrogens is 3. The van der Waals surface area contributed by atoms with Gasteiger partial charge >= 0.3 is 0 Å². The predicted molar refractivity (Wildman–Crippen MR) is 107 cm³/mol. The predicted octanol–water partition coefficient (Wildman–Crippen LogP) is 5.80. The van der Waals surface area contributed by atoms with Crippen molar-refractivity contribution in [3.8, 4) is 11.3 Å². The second kappa shape index (κ2) is 5.79. The molecule has 0 amide bonds. The molecule has 3 aromatic heterocycles. The quantitative estimate of drug-likeness (QED) is 0.441. The van der Waals surface area contributed by atoms with Gasteiger partial charge in [0, 0.05) is 27.5 Å². The standard InChI is InChI=1S/C20H15N3S2/c1-12-20(14-11-21-15-7-3-2-6-13(14)15)23-19(24-12)10-18-22-16-8-4-5-9-17(16)25-18/h2-9,11,21H,10H2,1H3. The number of thiazole rings is 2. The molecule has 0 unspecified atom stereocenters. The van der Waals surface area contributed by atoms with Gasteiger partial charge in [-0.1, -0.05) is 30.3 Å².